The highest BCUT2D eigenvalue weighted by Gasteiger charge is 2.21. The van der Waals surface area contributed by atoms with Crippen molar-refractivity contribution >= 4 is 17.4 Å². The molecule has 0 bridgehead atoms. The van der Waals surface area contributed by atoms with Gasteiger partial charge < -0.3 is 9.64 Å². The lowest BCUT2D eigenvalue weighted by atomic mass is 10.4. The van der Waals surface area contributed by atoms with Crippen LogP contribution in [0.3, 0.4) is 0 Å². The summed E-state index contributed by atoms with van der Waals surface area (Å²) >= 11 is 6.06. The van der Waals surface area contributed by atoms with Gasteiger partial charge in [0.15, 0.2) is 0 Å². The Balaban J connectivity index is 2.09. The second-order valence-corrected chi connectivity index (χ2v) is 4.83. The maximum atomic E-state index is 6.06. The van der Waals surface area contributed by atoms with Gasteiger partial charge in [-0.05, 0) is 20.3 Å². The van der Waals surface area contributed by atoms with Crippen molar-refractivity contribution in [2.24, 2.45) is 0 Å². The highest BCUT2D eigenvalue weighted by atomic mass is 35.5. The first kappa shape index (κ1) is 11.5. The number of alkyl halides is 1. The fraction of sp³-hybridized carbons (Fsp3) is 0.636. The van der Waals surface area contributed by atoms with Gasteiger partial charge in [0.05, 0.1) is 11.5 Å². The fourth-order valence-electron chi connectivity index (χ4n) is 1.73. The van der Waals surface area contributed by atoms with Gasteiger partial charge in [0.25, 0.3) is 0 Å². The summed E-state index contributed by atoms with van der Waals surface area (Å²) in [5, 5.41) is 0.226. The molecule has 0 aliphatic carbocycles. The lowest BCUT2D eigenvalue weighted by Gasteiger charge is -2.17. The van der Waals surface area contributed by atoms with Gasteiger partial charge in [0, 0.05) is 19.2 Å². The average molecular weight is 242 g/mol. The SMILES string of the molecule is CC(C)Oc1cc(N2CCC(Cl)C2)ncn1. The molecule has 0 aromatic carbocycles. The van der Waals surface area contributed by atoms with Crippen LogP contribution in [0, 0.1) is 0 Å². The fourth-order valence-corrected chi connectivity index (χ4v) is 2.00. The smallest absolute Gasteiger partial charge is 0.218 e. The van der Waals surface area contributed by atoms with E-state index >= 15 is 0 Å². The molecule has 2 heterocycles. The number of hydrogen-bond donors (Lipinski definition) is 0. The minimum Gasteiger partial charge on any atom is -0.475 e. The average Bonchev–Trinajstić information content (AvgIpc) is 2.64. The van der Waals surface area contributed by atoms with E-state index in [1.807, 2.05) is 19.9 Å². The number of halogens is 1. The molecule has 0 saturated carbocycles. The zero-order valence-corrected chi connectivity index (χ0v) is 10.3. The van der Waals surface area contributed by atoms with Crippen molar-refractivity contribution in [3.63, 3.8) is 0 Å². The van der Waals surface area contributed by atoms with E-state index in [4.69, 9.17) is 16.3 Å². The van der Waals surface area contributed by atoms with Gasteiger partial charge in [-0.3, -0.25) is 0 Å². The third-order valence-corrected chi connectivity index (χ3v) is 2.79. The standard InChI is InChI=1S/C11H16ClN3O/c1-8(2)16-11-5-10(13-7-14-11)15-4-3-9(12)6-15/h5,7-9H,3-4,6H2,1-2H3. The van der Waals surface area contributed by atoms with Crippen molar-refractivity contribution < 1.29 is 4.74 Å². The van der Waals surface area contributed by atoms with Crippen LogP contribution in [0.1, 0.15) is 20.3 Å². The summed E-state index contributed by atoms with van der Waals surface area (Å²) in [6.07, 6.45) is 2.67. The van der Waals surface area contributed by atoms with Crippen molar-refractivity contribution in [1.29, 1.82) is 0 Å². The van der Waals surface area contributed by atoms with Crippen LogP contribution >= 0.6 is 11.6 Å². The Morgan fingerprint density at radius 2 is 2.31 bits per heavy atom. The number of ether oxygens (including phenoxy) is 1. The summed E-state index contributed by atoms with van der Waals surface area (Å²) in [4.78, 5) is 10.5. The summed E-state index contributed by atoms with van der Waals surface area (Å²) in [6, 6.07) is 1.87. The molecule has 0 amide bonds. The Morgan fingerprint density at radius 3 is 2.94 bits per heavy atom. The molecule has 1 aliphatic heterocycles. The molecule has 1 aromatic heterocycles. The third kappa shape index (κ3) is 2.76. The molecule has 1 unspecified atom stereocenters. The highest BCUT2D eigenvalue weighted by molar-refractivity contribution is 6.21. The number of rotatable bonds is 3. The number of aromatic nitrogens is 2. The van der Waals surface area contributed by atoms with E-state index in [0.717, 1.165) is 25.3 Å². The van der Waals surface area contributed by atoms with Crippen LogP contribution in [0.25, 0.3) is 0 Å². The lowest BCUT2D eigenvalue weighted by molar-refractivity contribution is 0.232. The molecule has 1 aromatic rings. The molecule has 5 heteroatoms. The predicted molar refractivity (Wildman–Crippen MR) is 64.3 cm³/mol. The topological polar surface area (TPSA) is 38.2 Å². The first-order chi connectivity index (χ1) is 7.65. The van der Waals surface area contributed by atoms with Crippen LogP contribution in [0.15, 0.2) is 12.4 Å². The first-order valence-corrected chi connectivity index (χ1v) is 5.96. The highest BCUT2D eigenvalue weighted by Crippen LogP contribution is 2.23. The van der Waals surface area contributed by atoms with Gasteiger partial charge >= 0.3 is 0 Å². The molecule has 0 spiro atoms. The third-order valence-electron chi connectivity index (χ3n) is 2.44. The molecule has 1 saturated heterocycles. The summed E-state index contributed by atoms with van der Waals surface area (Å²) < 4.78 is 5.53. The van der Waals surface area contributed by atoms with Crippen LogP contribution < -0.4 is 9.64 Å². The summed E-state index contributed by atoms with van der Waals surface area (Å²) in [5.41, 5.74) is 0. The van der Waals surface area contributed by atoms with Gasteiger partial charge in [0.1, 0.15) is 12.1 Å². The van der Waals surface area contributed by atoms with Crippen LogP contribution in [-0.2, 0) is 0 Å². The molecular formula is C11H16ClN3O. The van der Waals surface area contributed by atoms with Crippen molar-refractivity contribution in [2.45, 2.75) is 31.7 Å². The largest absolute Gasteiger partial charge is 0.475 e. The first-order valence-electron chi connectivity index (χ1n) is 5.53. The second kappa shape index (κ2) is 4.87. The minimum absolute atomic E-state index is 0.127. The van der Waals surface area contributed by atoms with E-state index in [9.17, 15) is 0 Å². The van der Waals surface area contributed by atoms with Crippen molar-refractivity contribution in [3.8, 4) is 5.88 Å². The molecular weight excluding hydrogens is 226 g/mol. The second-order valence-electron chi connectivity index (χ2n) is 4.21. The van der Waals surface area contributed by atoms with Crippen LogP contribution in [0.4, 0.5) is 5.82 Å². The van der Waals surface area contributed by atoms with E-state index in [0.29, 0.717) is 5.88 Å². The number of nitrogens with zero attached hydrogens (tertiary/aromatic N) is 3. The maximum Gasteiger partial charge on any atom is 0.218 e. The zero-order valence-electron chi connectivity index (χ0n) is 9.56. The van der Waals surface area contributed by atoms with E-state index < -0.39 is 0 Å². The Bertz CT molecular complexity index is 359. The van der Waals surface area contributed by atoms with Crippen LogP contribution in [0.2, 0.25) is 0 Å². The van der Waals surface area contributed by atoms with E-state index in [2.05, 4.69) is 14.9 Å². The summed E-state index contributed by atoms with van der Waals surface area (Å²) in [5.74, 6) is 1.52. The predicted octanol–water partition coefficient (Wildman–Crippen LogP) is 2.08. The zero-order chi connectivity index (χ0) is 11.5. The molecule has 2 rings (SSSR count). The normalized spacial score (nSPS) is 20.5. The molecule has 88 valence electrons. The van der Waals surface area contributed by atoms with Gasteiger partial charge in [-0.1, -0.05) is 0 Å². The van der Waals surface area contributed by atoms with Gasteiger partial charge in [-0.15, -0.1) is 11.6 Å². The monoisotopic (exact) mass is 241 g/mol. The molecule has 1 atom stereocenters. The summed E-state index contributed by atoms with van der Waals surface area (Å²) in [7, 11) is 0. The van der Waals surface area contributed by atoms with Crippen molar-refractivity contribution in [1.82, 2.24) is 9.97 Å². The molecule has 1 fully saturated rings. The molecule has 1 aliphatic rings. The lowest BCUT2D eigenvalue weighted by Crippen LogP contribution is -2.21. The van der Waals surface area contributed by atoms with E-state index in [1.54, 1.807) is 0 Å². The van der Waals surface area contributed by atoms with E-state index in [1.165, 1.54) is 6.33 Å². The minimum atomic E-state index is 0.127. The quantitative estimate of drug-likeness (QED) is 0.760. The van der Waals surface area contributed by atoms with Gasteiger partial charge in [-0.25, -0.2) is 9.97 Å². The van der Waals surface area contributed by atoms with Crippen molar-refractivity contribution in [2.75, 3.05) is 18.0 Å². The van der Waals surface area contributed by atoms with Gasteiger partial charge in [-0.2, -0.15) is 0 Å². The molecule has 4 nitrogen and oxygen atoms in total. The Kier molecular flexibility index (Phi) is 3.49. The van der Waals surface area contributed by atoms with Crippen LogP contribution in [0.5, 0.6) is 5.88 Å². The van der Waals surface area contributed by atoms with Crippen LogP contribution in [-0.4, -0.2) is 34.5 Å². The molecule has 0 radical (unpaired) electrons. The molecule has 16 heavy (non-hydrogen) atoms. The van der Waals surface area contributed by atoms with E-state index in [-0.39, 0.29) is 11.5 Å². The number of hydrogen-bond acceptors (Lipinski definition) is 4. The Labute approximate surface area is 101 Å². The Hall–Kier alpha value is -1.03. The van der Waals surface area contributed by atoms with Crippen molar-refractivity contribution in [3.05, 3.63) is 12.4 Å². The maximum absolute atomic E-state index is 6.06. The van der Waals surface area contributed by atoms with Gasteiger partial charge in [0.2, 0.25) is 5.88 Å². The number of anilines is 1. The Morgan fingerprint density at radius 1 is 1.50 bits per heavy atom. The molecule has 0 N–H and O–H groups in total. The summed E-state index contributed by atoms with van der Waals surface area (Å²) in [6.45, 7) is 5.75.